The molecule has 0 aliphatic heterocycles. The number of hydrogen-bond donors (Lipinski definition) is 3. The first-order valence-corrected chi connectivity index (χ1v) is 4.72. The Balaban J connectivity index is 3.18. The predicted octanol–water partition coefficient (Wildman–Crippen LogP) is 0.118. The third-order valence-corrected chi connectivity index (χ3v) is 1.90. The minimum atomic E-state index is -1.29. The smallest absolute Gasteiger partial charge is 0.411 e. The predicted molar refractivity (Wildman–Crippen MR) is 57.6 cm³/mol. The van der Waals surface area contributed by atoms with E-state index in [-0.39, 0.29) is 30.7 Å². The molecule has 94 valence electrons. The van der Waals surface area contributed by atoms with E-state index in [1.165, 1.54) is 14.2 Å². The molecule has 0 bridgehead atoms. The second-order valence-electron chi connectivity index (χ2n) is 2.95. The van der Waals surface area contributed by atoms with Crippen molar-refractivity contribution in [3.05, 3.63) is 5.56 Å². The number of carboxylic acid groups (broad SMARTS) is 1. The lowest BCUT2D eigenvalue weighted by atomic mass is 10.2. The molecule has 0 aromatic carbocycles. The van der Waals surface area contributed by atoms with E-state index >= 15 is 0 Å². The Labute approximate surface area is 97.2 Å². The average molecular weight is 243 g/mol. The second kappa shape index (κ2) is 5.85. The van der Waals surface area contributed by atoms with E-state index in [0.29, 0.717) is 5.56 Å². The van der Waals surface area contributed by atoms with Crippen molar-refractivity contribution in [3.8, 4) is 11.8 Å². The monoisotopic (exact) mass is 243 g/mol. The number of nitrogens with one attached hydrogen (secondary N) is 1. The average Bonchev–Trinajstić information content (AvgIpc) is 2.30. The maximum atomic E-state index is 10.5. The SMILES string of the molecule is COc1nc(NC(=O)O)nc(OC)c1CCO. The van der Waals surface area contributed by atoms with Gasteiger partial charge >= 0.3 is 6.09 Å². The number of rotatable bonds is 5. The van der Waals surface area contributed by atoms with Crippen LogP contribution in [0.15, 0.2) is 0 Å². The summed E-state index contributed by atoms with van der Waals surface area (Å²) in [6, 6.07) is 0. The van der Waals surface area contributed by atoms with Crippen molar-refractivity contribution in [2.24, 2.45) is 0 Å². The van der Waals surface area contributed by atoms with Crippen molar-refractivity contribution < 1.29 is 24.5 Å². The van der Waals surface area contributed by atoms with Gasteiger partial charge < -0.3 is 19.7 Å². The van der Waals surface area contributed by atoms with Crippen LogP contribution in [-0.4, -0.2) is 47.1 Å². The molecule has 8 nitrogen and oxygen atoms in total. The maximum Gasteiger partial charge on any atom is 0.411 e. The van der Waals surface area contributed by atoms with Crippen LogP contribution in [0, 0.1) is 0 Å². The standard InChI is InChI=1S/C9H13N3O5/c1-16-6-5(3-4-13)7(17-2)11-8(10-6)12-9(14)15/h13H,3-4H2,1-2H3,(H,14,15)(H,10,11,12). The van der Waals surface area contributed by atoms with Crippen molar-refractivity contribution in [1.29, 1.82) is 0 Å². The maximum absolute atomic E-state index is 10.5. The van der Waals surface area contributed by atoms with Gasteiger partial charge in [0.05, 0.1) is 19.8 Å². The lowest BCUT2D eigenvalue weighted by molar-refractivity contribution is 0.209. The zero-order chi connectivity index (χ0) is 12.8. The molecule has 1 heterocycles. The summed E-state index contributed by atoms with van der Waals surface area (Å²) in [5.74, 6) is 0.178. The van der Waals surface area contributed by atoms with Crippen LogP contribution in [0.4, 0.5) is 10.7 Å². The second-order valence-corrected chi connectivity index (χ2v) is 2.95. The van der Waals surface area contributed by atoms with Crippen LogP contribution in [0.25, 0.3) is 0 Å². The number of aliphatic hydroxyl groups is 1. The summed E-state index contributed by atoms with van der Waals surface area (Å²) in [7, 11) is 2.76. The zero-order valence-corrected chi connectivity index (χ0v) is 9.43. The Morgan fingerprint density at radius 1 is 1.29 bits per heavy atom. The first kappa shape index (κ1) is 13.0. The van der Waals surface area contributed by atoms with Gasteiger partial charge in [-0.2, -0.15) is 9.97 Å². The first-order chi connectivity index (χ1) is 8.12. The molecule has 3 N–H and O–H groups in total. The highest BCUT2D eigenvalue weighted by atomic mass is 16.5. The number of ether oxygens (including phenoxy) is 2. The van der Waals surface area contributed by atoms with E-state index in [0.717, 1.165) is 0 Å². The molecule has 0 saturated carbocycles. The molecule has 1 aromatic heterocycles. The molecular formula is C9H13N3O5. The molecule has 0 unspecified atom stereocenters. The molecule has 1 amide bonds. The molecule has 0 fully saturated rings. The van der Waals surface area contributed by atoms with Crippen molar-refractivity contribution in [1.82, 2.24) is 9.97 Å². The zero-order valence-electron chi connectivity index (χ0n) is 9.43. The van der Waals surface area contributed by atoms with Crippen LogP contribution < -0.4 is 14.8 Å². The number of aromatic nitrogens is 2. The van der Waals surface area contributed by atoms with E-state index in [9.17, 15) is 4.79 Å². The quantitative estimate of drug-likeness (QED) is 0.672. The minimum absolute atomic E-state index is 0.123. The van der Waals surface area contributed by atoms with Crippen LogP contribution in [0.2, 0.25) is 0 Å². The molecule has 0 saturated heterocycles. The molecule has 0 aliphatic carbocycles. The largest absolute Gasteiger partial charge is 0.481 e. The fourth-order valence-corrected chi connectivity index (χ4v) is 1.26. The third-order valence-electron chi connectivity index (χ3n) is 1.90. The Morgan fingerprint density at radius 3 is 2.18 bits per heavy atom. The Morgan fingerprint density at radius 2 is 1.82 bits per heavy atom. The van der Waals surface area contributed by atoms with Gasteiger partial charge in [-0.25, -0.2) is 4.79 Å². The summed E-state index contributed by atoms with van der Waals surface area (Å²) in [6.45, 7) is -0.123. The van der Waals surface area contributed by atoms with Gasteiger partial charge in [0.25, 0.3) is 0 Å². The highest BCUT2D eigenvalue weighted by Crippen LogP contribution is 2.26. The number of aliphatic hydroxyl groups excluding tert-OH is 1. The molecule has 1 aromatic rings. The van der Waals surface area contributed by atoms with Gasteiger partial charge in [0.2, 0.25) is 17.7 Å². The fourth-order valence-electron chi connectivity index (χ4n) is 1.26. The third kappa shape index (κ3) is 3.18. The lowest BCUT2D eigenvalue weighted by Crippen LogP contribution is -2.13. The van der Waals surface area contributed by atoms with Crippen LogP contribution >= 0.6 is 0 Å². The minimum Gasteiger partial charge on any atom is -0.481 e. The molecule has 1 rings (SSSR count). The van der Waals surface area contributed by atoms with Crippen LogP contribution in [0.3, 0.4) is 0 Å². The molecule has 0 aliphatic rings. The van der Waals surface area contributed by atoms with Crippen molar-refractivity contribution in [2.45, 2.75) is 6.42 Å². The fraction of sp³-hybridized carbons (Fsp3) is 0.444. The van der Waals surface area contributed by atoms with Gasteiger partial charge in [-0.3, -0.25) is 5.32 Å². The highest BCUT2D eigenvalue weighted by molar-refractivity contribution is 5.80. The van der Waals surface area contributed by atoms with Crippen molar-refractivity contribution in [3.63, 3.8) is 0 Å². The number of nitrogens with zero attached hydrogens (tertiary/aromatic N) is 2. The molecular weight excluding hydrogens is 230 g/mol. The van der Waals surface area contributed by atoms with E-state index < -0.39 is 6.09 Å². The van der Waals surface area contributed by atoms with E-state index in [1.54, 1.807) is 0 Å². The van der Waals surface area contributed by atoms with Crippen LogP contribution in [-0.2, 0) is 6.42 Å². The number of carbonyl (C=O) groups is 1. The van der Waals surface area contributed by atoms with Crippen LogP contribution in [0.5, 0.6) is 11.8 Å². The Kier molecular flexibility index (Phi) is 4.46. The Bertz CT molecular complexity index is 385. The summed E-state index contributed by atoms with van der Waals surface area (Å²) in [4.78, 5) is 18.2. The van der Waals surface area contributed by atoms with Gasteiger partial charge in [0, 0.05) is 13.0 Å². The summed E-state index contributed by atoms with van der Waals surface area (Å²) < 4.78 is 9.97. The molecule has 8 heteroatoms. The summed E-state index contributed by atoms with van der Waals surface area (Å²) >= 11 is 0. The highest BCUT2D eigenvalue weighted by Gasteiger charge is 2.16. The Hall–Kier alpha value is -2.09. The molecule has 0 atom stereocenters. The van der Waals surface area contributed by atoms with Crippen molar-refractivity contribution >= 4 is 12.0 Å². The van der Waals surface area contributed by atoms with E-state index in [4.69, 9.17) is 19.7 Å². The topological polar surface area (TPSA) is 114 Å². The summed E-state index contributed by atoms with van der Waals surface area (Å²) in [6.07, 6.45) is -1.04. The molecule has 0 radical (unpaired) electrons. The van der Waals surface area contributed by atoms with Gasteiger partial charge in [-0.05, 0) is 0 Å². The van der Waals surface area contributed by atoms with Gasteiger partial charge in [-0.15, -0.1) is 0 Å². The van der Waals surface area contributed by atoms with E-state index in [1.807, 2.05) is 5.32 Å². The van der Waals surface area contributed by atoms with E-state index in [2.05, 4.69) is 9.97 Å². The number of methoxy groups -OCH3 is 2. The number of hydrogen-bond acceptors (Lipinski definition) is 6. The molecule has 0 spiro atoms. The number of anilines is 1. The van der Waals surface area contributed by atoms with Crippen LogP contribution in [0.1, 0.15) is 5.56 Å². The summed E-state index contributed by atoms with van der Waals surface area (Å²) in [5.41, 5.74) is 0.480. The normalized spacial score (nSPS) is 9.82. The summed E-state index contributed by atoms with van der Waals surface area (Å²) in [5, 5.41) is 19.4. The number of amides is 1. The first-order valence-electron chi connectivity index (χ1n) is 4.72. The van der Waals surface area contributed by atoms with Gasteiger partial charge in [0.1, 0.15) is 0 Å². The van der Waals surface area contributed by atoms with Gasteiger partial charge in [-0.1, -0.05) is 0 Å². The van der Waals surface area contributed by atoms with Gasteiger partial charge in [0.15, 0.2) is 0 Å². The molecule has 17 heavy (non-hydrogen) atoms. The van der Waals surface area contributed by atoms with Crippen molar-refractivity contribution in [2.75, 3.05) is 26.1 Å². The lowest BCUT2D eigenvalue weighted by Gasteiger charge is -2.11.